The van der Waals surface area contributed by atoms with E-state index in [1.165, 1.54) is 12.8 Å². The Hall–Kier alpha value is -0.830. The van der Waals surface area contributed by atoms with E-state index < -0.39 is 0 Å². The Balaban J connectivity index is 2.12. The summed E-state index contributed by atoms with van der Waals surface area (Å²) in [5.41, 5.74) is 1.84. The molecule has 3 nitrogen and oxygen atoms in total. The number of aryl methyl sites for hydroxylation is 2. The van der Waals surface area contributed by atoms with Crippen molar-refractivity contribution in [1.29, 1.82) is 0 Å². The summed E-state index contributed by atoms with van der Waals surface area (Å²) in [4.78, 5) is 8.66. The third-order valence-corrected chi connectivity index (χ3v) is 3.30. The number of hydrogen-bond acceptors (Lipinski definition) is 3. The molecule has 1 saturated carbocycles. The van der Waals surface area contributed by atoms with Gasteiger partial charge in [-0.25, -0.2) is 9.97 Å². The SMILES string of the molecule is CCC1CC1Nc1nc(C)c(C)nc1Cl. The van der Waals surface area contributed by atoms with Crippen LogP contribution in [0, 0.1) is 19.8 Å². The minimum absolute atomic E-state index is 0.486. The van der Waals surface area contributed by atoms with E-state index in [2.05, 4.69) is 22.2 Å². The molecule has 2 unspecified atom stereocenters. The molecule has 1 heterocycles. The zero-order chi connectivity index (χ0) is 11.0. The number of hydrogen-bond donors (Lipinski definition) is 1. The fourth-order valence-corrected chi connectivity index (χ4v) is 1.94. The topological polar surface area (TPSA) is 37.8 Å². The second-order valence-electron chi connectivity index (χ2n) is 4.19. The summed E-state index contributed by atoms with van der Waals surface area (Å²) >= 11 is 6.03. The van der Waals surface area contributed by atoms with Crippen molar-refractivity contribution in [1.82, 2.24) is 9.97 Å². The molecule has 1 aliphatic rings. The van der Waals surface area contributed by atoms with Gasteiger partial charge in [0.2, 0.25) is 0 Å². The predicted octanol–water partition coefficient (Wildman–Crippen LogP) is 2.96. The van der Waals surface area contributed by atoms with Crippen LogP contribution in [0.3, 0.4) is 0 Å². The summed E-state index contributed by atoms with van der Waals surface area (Å²) in [5.74, 6) is 1.52. The maximum absolute atomic E-state index is 6.03. The van der Waals surface area contributed by atoms with Gasteiger partial charge >= 0.3 is 0 Å². The lowest BCUT2D eigenvalue weighted by Gasteiger charge is -2.08. The summed E-state index contributed by atoms with van der Waals surface area (Å²) in [5, 5.41) is 3.83. The molecule has 1 aromatic heterocycles. The van der Waals surface area contributed by atoms with Gasteiger partial charge < -0.3 is 5.32 Å². The van der Waals surface area contributed by atoms with Crippen molar-refractivity contribution in [2.45, 2.75) is 39.7 Å². The van der Waals surface area contributed by atoms with E-state index in [0.29, 0.717) is 11.2 Å². The van der Waals surface area contributed by atoms with Gasteiger partial charge in [-0.3, -0.25) is 0 Å². The molecule has 1 aliphatic carbocycles. The van der Waals surface area contributed by atoms with Crippen molar-refractivity contribution >= 4 is 17.4 Å². The highest BCUT2D eigenvalue weighted by molar-refractivity contribution is 6.31. The Labute approximate surface area is 95.3 Å². The van der Waals surface area contributed by atoms with Gasteiger partial charge in [-0.1, -0.05) is 24.9 Å². The molecule has 0 aromatic carbocycles. The zero-order valence-electron chi connectivity index (χ0n) is 9.34. The molecule has 0 spiro atoms. The third-order valence-electron chi connectivity index (χ3n) is 3.03. The number of aromatic nitrogens is 2. The molecule has 15 heavy (non-hydrogen) atoms. The quantitative estimate of drug-likeness (QED) is 0.860. The molecule has 0 amide bonds. The second kappa shape index (κ2) is 3.97. The van der Waals surface area contributed by atoms with Gasteiger partial charge in [0.05, 0.1) is 11.4 Å². The van der Waals surface area contributed by atoms with Crippen LogP contribution in [0.5, 0.6) is 0 Å². The van der Waals surface area contributed by atoms with Gasteiger partial charge in [0.25, 0.3) is 0 Å². The maximum Gasteiger partial charge on any atom is 0.171 e. The zero-order valence-corrected chi connectivity index (χ0v) is 10.1. The standard InChI is InChI=1S/C11H16ClN3/c1-4-8-5-9(8)15-11-10(12)13-6(2)7(3)14-11/h8-9H,4-5H2,1-3H3,(H,14,15). The first-order chi connectivity index (χ1) is 7.11. The summed E-state index contributed by atoms with van der Waals surface area (Å²) in [7, 11) is 0. The van der Waals surface area contributed by atoms with E-state index in [-0.39, 0.29) is 0 Å². The molecule has 0 aliphatic heterocycles. The Morgan fingerprint density at radius 3 is 2.60 bits per heavy atom. The first-order valence-electron chi connectivity index (χ1n) is 5.39. The normalized spacial score (nSPS) is 24.0. The average molecular weight is 226 g/mol. The fraction of sp³-hybridized carbons (Fsp3) is 0.636. The summed E-state index contributed by atoms with van der Waals surface area (Å²) in [6, 6.07) is 0.545. The van der Waals surface area contributed by atoms with Crippen LogP contribution in [-0.4, -0.2) is 16.0 Å². The molecule has 1 aromatic rings. The van der Waals surface area contributed by atoms with E-state index in [4.69, 9.17) is 11.6 Å². The lowest BCUT2D eigenvalue weighted by atomic mass is 10.3. The minimum Gasteiger partial charge on any atom is -0.364 e. The van der Waals surface area contributed by atoms with Crippen molar-refractivity contribution in [3.63, 3.8) is 0 Å². The first kappa shape index (κ1) is 10.7. The molecule has 2 rings (SSSR count). The molecular weight excluding hydrogens is 210 g/mol. The molecule has 4 heteroatoms. The molecule has 2 atom stereocenters. The molecular formula is C11H16ClN3. The van der Waals surface area contributed by atoms with Gasteiger partial charge in [0.15, 0.2) is 11.0 Å². The third kappa shape index (κ3) is 2.23. The molecule has 0 bridgehead atoms. The lowest BCUT2D eigenvalue weighted by Crippen LogP contribution is -2.09. The van der Waals surface area contributed by atoms with Crippen LogP contribution in [0.15, 0.2) is 0 Å². The monoisotopic (exact) mass is 225 g/mol. The molecule has 0 radical (unpaired) electrons. The summed E-state index contributed by atoms with van der Waals surface area (Å²) in [6.45, 7) is 6.08. The largest absolute Gasteiger partial charge is 0.364 e. The molecule has 1 N–H and O–H groups in total. The van der Waals surface area contributed by atoms with Crippen LogP contribution in [0.1, 0.15) is 31.2 Å². The summed E-state index contributed by atoms with van der Waals surface area (Å²) in [6.07, 6.45) is 2.44. The van der Waals surface area contributed by atoms with Crippen molar-refractivity contribution in [3.05, 3.63) is 16.5 Å². The highest BCUT2D eigenvalue weighted by Crippen LogP contribution is 2.36. The van der Waals surface area contributed by atoms with Gasteiger partial charge in [0.1, 0.15) is 0 Å². The van der Waals surface area contributed by atoms with Gasteiger partial charge in [0, 0.05) is 6.04 Å². The Morgan fingerprint density at radius 2 is 2.00 bits per heavy atom. The van der Waals surface area contributed by atoms with Crippen molar-refractivity contribution in [2.75, 3.05) is 5.32 Å². The van der Waals surface area contributed by atoms with E-state index in [9.17, 15) is 0 Å². The second-order valence-corrected chi connectivity index (χ2v) is 4.55. The summed E-state index contributed by atoms with van der Waals surface area (Å²) < 4.78 is 0. The smallest absolute Gasteiger partial charge is 0.171 e. The molecule has 82 valence electrons. The average Bonchev–Trinajstić information content (AvgIpc) is 2.93. The van der Waals surface area contributed by atoms with Crippen LogP contribution < -0.4 is 5.32 Å². The Morgan fingerprint density at radius 1 is 1.33 bits per heavy atom. The van der Waals surface area contributed by atoms with Gasteiger partial charge in [-0.2, -0.15) is 0 Å². The number of halogens is 1. The van der Waals surface area contributed by atoms with Crippen LogP contribution in [0.4, 0.5) is 5.82 Å². The van der Waals surface area contributed by atoms with E-state index in [1.54, 1.807) is 0 Å². The lowest BCUT2D eigenvalue weighted by molar-refractivity contribution is 0.772. The van der Waals surface area contributed by atoms with Crippen LogP contribution in [-0.2, 0) is 0 Å². The van der Waals surface area contributed by atoms with E-state index in [1.807, 2.05) is 13.8 Å². The number of nitrogens with one attached hydrogen (secondary N) is 1. The van der Waals surface area contributed by atoms with Gasteiger partial charge in [-0.05, 0) is 26.2 Å². The van der Waals surface area contributed by atoms with Gasteiger partial charge in [-0.15, -0.1) is 0 Å². The highest BCUT2D eigenvalue weighted by atomic mass is 35.5. The van der Waals surface area contributed by atoms with Crippen molar-refractivity contribution in [3.8, 4) is 0 Å². The van der Waals surface area contributed by atoms with E-state index in [0.717, 1.165) is 23.1 Å². The van der Waals surface area contributed by atoms with Crippen molar-refractivity contribution < 1.29 is 0 Å². The molecule has 1 fully saturated rings. The van der Waals surface area contributed by atoms with E-state index >= 15 is 0 Å². The van der Waals surface area contributed by atoms with Crippen molar-refractivity contribution in [2.24, 2.45) is 5.92 Å². The predicted molar refractivity (Wildman–Crippen MR) is 62.3 cm³/mol. The number of nitrogens with zero attached hydrogens (tertiary/aromatic N) is 2. The maximum atomic E-state index is 6.03. The highest BCUT2D eigenvalue weighted by Gasteiger charge is 2.35. The minimum atomic E-state index is 0.486. The Bertz CT molecular complexity index is 378. The van der Waals surface area contributed by atoms with Crippen LogP contribution >= 0.6 is 11.6 Å². The van der Waals surface area contributed by atoms with Crippen LogP contribution in [0.2, 0.25) is 5.15 Å². The number of rotatable bonds is 3. The molecule has 0 saturated heterocycles. The first-order valence-corrected chi connectivity index (χ1v) is 5.77. The van der Waals surface area contributed by atoms with Crippen LogP contribution in [0.25, 0.3) is 0 Å². The fourth-order valence-electron chi connectivity index (χ4n) is 1.72. The Kier molecular flexibility index (Phi) is 2.83. The number of anilines is 1.